The molecular formula is C15H19ClN2O3. The zero-order valence-corrected chi connectivity index (χ0v) is 12.9. The van der Waals surface area contributed by atoms with Gasteiger partial charge in [-0.25, -0.2) is 0 Å². The Bertz CT molecular complexity index is 572. The third-order valence-corrected chi connectivity index (χ3v) is 4.53. The second-order valence-corrected chi connectivity index (χ2v) is 6.56. The van der Waals surface area contributed by atoms with E-state index in [4.69, 9.17) is 11.6 Å². The molecule has 1 saturated carbocycles. The highest BCUT2D eigenvalue weighted by Gasteiger charge is 2.34. The zero-order chi connectivity index (χ0) is 15.6. The standard InChI is InChI=1S/C15H19ClN2O3/c1-15(2)9-4-3-8-12(15)17-14(19)10-6-5-7-11(16)13(10)18(20)21/h5-7,12H,3-4,8-9H2,1-2H3,(H,17,19). The molecule has 1 atom stereocenters. The first-order chi connectivity index (χ1) is 9.83. The van der Waals surface area contributed by atoms with Crippen LogP contribution in [0.15, 0.2) is 18.2 Å². The van der Waals surface area contributed by atoms with Crippen molar-refractivity contribution in [3.8, 4) is 0 Å². The lowest BCUT2D eigenvalue weighted by atomic mass is 9.73. The summed E-state index contributed by atoms with van der Waals surface area (Å²) >= 11 is 5.85. The molecule has 1 aromatic rings. The average molecular weight is 311 g/mol. The number of para-hydroxylation sites is 1. The van der Waals surface area contributed by atoms with E-state index in [1.165, 1.54) is 12.1 Å². The van der Waals surface area contributed by atoms with Gasteiger partial charge in [-0.15, -0.1) is 0 Å². The van der Waals surface area contributed by atoms with Gasteiger partial charge in [0.15, 0.2) is 0 Å². The third kappa shape index (κ3) is 3.35. The Balaban J connectivity index is 2.25. The molecule has 1 unspecified atom stereocenters. The Kier molecular flexibility index (Phi) is 4.52. The molecule has 0 radical (unpaired) electrons. The van der Waals surface area contributed by atoms with Crippen molar-refractivity contribution in [2.75, 3.05) is 0 Å². The first kappa shape index (κ1) is 15.8. The normalized spacial score (nSPS) is 20.8. The highest BCUT2D eigenvalue weighted by molar-refractivity contribution is 6.33. The first-order valence-electron chi connectivity index (χ1n) is 7.07. The molecule has 0 bridgehead atoms. The summed E-state index contributed by atoms with van der Waals surface area (Å²) in [6, 6.07) is 4.43. The summed E-state index contributed by atoms with van der Waals surface area (Å²) in [5.41, 5.74) is -0.305. The van der Waals surface area contributed by atoms with E-state index in [2.05, 4.69) is 19.2 Å². The number of halogens is 1. The van der Waals surface area contributed by atoms with Crippen LogP contribution < -0.4 is 5.32 Å². The molecule has 1 fully saturated rings. The fourth-order valence-electron chi connectivity index (χ4n) is 2.88. The first-order valence-corrected chi connectivity index (χ1v) is 7.44. The van der Waals surface area contributed by atoms with Gasteiger partial charge in [0.25, 0.3) is 5.91 Å². The number of nitrogens with one attached hydrogen (secondary N) is 1. The Labute approximate surface area is 128 Å². The van der Waals surface area contributed by atoms with Crippen LogP contribution in [0.5, 0.6) is 0 Å². The molecule has 1 aliphatic rings. The number of nitro groups is 1. The minimum absolute atomic E-state index is 0.00125. The number of carbonyl (C=O) groups is 1. The van der Waals surface area contributed by atoms with Crippen molar-refractivity contribution >= 4 is 23.2 Å². The van der Waals surface area contributed by atoms with E-state index in [1.807, 2.05) is 0 Å². The van der Waals surface area contributed by atoms with E-state index >= 15 is 0 Å². The molecule has 5 nitrogen and oxygen atoms in total. The quantitative estimate of drug-likeness (QED) is 0.678. The van der Waals surface area contributed by atoms with Crippen molar-refractivity contribution < 1.29 is 9.72 Å². The van der Waals surface area contributed by atoms with Crippen LogP contribution in [0.1, 0.15) is 49.9 Å². The van der Waals surface area contributed by atoms with Gasteiger partial charge in [0, 0.05) is 6.04 Å². The number of hydrogen-bond acceptors (Lipinski definition) is 3. The van der Waals surface area contributed by atoms with Gasteiger partial charge < -0.3 is 5.32 Å². The van der Waals surface area contributed by atoms with Crippen molar-refractivity contribution in [1.29, 1.82) is 0 Å². The highest BCUT2D eigenvalue weighted by atomic mass is 35.5. The fourth-order valence-corrected chi connectivity index (χ4v) is 3.13. The van der Waals surface area contributed by atoms with Crippen LogP contribution in [-0.4, -0.2) is 16.9 Å². The predicted octanol–water partition coefficient (Wildman–Crippen LogP) is 3.95. The van der Waals surface area contributed by atoms with Gasteiger partial charge in [0.1, 0.15) is 10.6 Å². The zero-order valence-electron chi connectivity index (χ0n) is 12.2. The van der Waals surface area contributed by atoms with Crippen LogP contribution in [0.3, 0.4) is 0 Å². The lowest BCUT2D eigenvalue weighted by Gasteiger charge is -2.39. The molecular weight excluding hydrogens is 292 g/mol. The molecule has 0 saturated heterocycles. The molecule has 1 aliphatic carbocycles. The van der Waals surface area contributed by atoms with Crippen LogP contribution in [0.4, 0.5) is 5.69 Å². The van der Waals surface area contributed by atoms with Crippen molar-refractivity contribution in [3.63, 3.8) is 0 Å². The van der Waals surface area contributed by atoms with Gasteiger partial charge in [-0.3, -0.25) is 14.9 Å². The summed E-state index contributed by atoms with van der Waals surface area (Å²) in [5, 5.41) is 14.0. The molecule has 114 valence electrons. The Morgan fingerprint density at radius 1 is 1.43 bits per heavy atom. The number of hydrogen-bond donors (Lipinski definition) is 1. The van der Waals surface area contributed by atoms with Crippen LogP contribution in [0, 0.1) is 15.5 Å². The molecule has 2 rings (SSSR count). The van der Waals surface area contributed by atoms with E-state index in [9.17, 15) is 14.9 Å². The van der Waals surface area contributed by atoms with Crippen LogP contribution in [-0.2, 0) is 0 Å². The van der Waals surface area contributed by atoms with E-state index in [0.717, 1.165) is 25.7 Å². The highest BCUT2D eigenvalue weighted by Crippen LogP contribution is 2.36. The number of nitro benzene ring substituents is 1. The average Bonchev–Trinajstić information content (AvgIpc) is 2.40. The summed E-state index contributed by atoms with van der Waals surface area (Å²) in [5.74, 6) is -0.427. The lowest BCUT2D eigenvalue weighted by Crippen LogP contribution is -2.46. The summed E-state index contributed by atoms with van der Waals surface area (Å²) in [6.07, 6.45) is 4.14. The monoisotopic (exact) mass is 310 g/mol. The molecule has 1 amide bonds. The second kappa shape index (κ2) is 6.02. The molecule has 1 aromatic carbocycles. The molecule has 0 heterocycles. The van der Waals surface area contributed by atoms with Gasteiger partial charge in [0.05, 0.1) is 4.92 Å². The predicted molar refractivity (Wildman–Crippen MR) is 81.6 cm³/mol. The second-order valence-electron chi connectivity index (χ2n) is 6.15. The van der Waals surface area contributed by atoms with Gasteiger partial charge in [0.2, 0.25) is 0 Å². The molecule has 0 aliphatic heterocycles. The van der Waals surface area contributed by atoms with Gasteiger partial charge in [-0.05, 0) is 30.4 Å². The summed E-state index contributed by atoms with van der Waals surface area (Å²) in [4.78, 5) is 22.9. The Hall–Kier alpha value is -1.62. The number of nitrogens with zero attached hydrogens (tertiary/aromatic N) is 1. The van der Waals surface area contributed by atoms with E-state index in [0.29, 0.717) is 0 Å². The van der Waals surface area contributed by atoms with Gasteiger partial charge in [-0.2, -0.15) is 0 Å². The van der Waals surface area contributed by atoms with Gasteiger partial charge >= 0.3 is 5.69 Å². The van der Waals surface area contributed by atoms with E-state index < -0.39 is 10.8 Å². The maximum atomic E-state index is 12.4. The van der Waals surface area contributed by atoms with Crippen molar-refractivity contribution in [3.05, 3.63) is 38.9 Å². The molecule has 0 aromatic heterocycles. The molecule has 1 N–H and O–H groups in total. The molecule has 6 heteroatoms. The minimum Gasteiger partial charge on any atom is -0.349 e. The minimum atomic E-state index is -0.608. The Morgan fingerprint density at radius 2 is 2.14 bits per heavy atom. The van der Waals surface area contributed by atoms with Crippen molar-refractivity contribution in [2.24, 2.45) is 5.41 Å². The molecule has 21 heavy (non-hydrogen) atoms. The van der Waals surface area contributed by atoms with Crippen LogP contribution in [0.2, 0.25) is 5.02 Å². The number of benzene rings is 1. The number of rotatable bonds is 3. The Morgan fingerprint density at radius 3 is 2.76 bits per heavy atom. The van der Waals surface area contributed by atoms with Crippen LogP contribution >= 0.6 is 11.6 Å². The summed E-state index contributed by atoms with van der Waals surface area (Å²) < 4.78 is 0. The topological polar surface area (TPSA) is 72.2 Å². The van der Waals surface area contributed by atoms with Gasteiger partial charge in [-0.1, -0.05) is 44.4 Å². The van der Waals surface area contributed by atoms with Crippen LogP contribution in [0.25, 0.3) is 0 Å². The van der Waals surface area contributed by atoms with E-state index in [1.54, 1.807) is 6.07 Å². The van der Waals surface area contributed by atoms with Crippen molar-refractivity contribution in [2.45, 2.75) is 45.6 Å². The maximum absolute atomic E-state index is 12.4. The largest absolute Gasteiger partial charge is 0.349 e. The SMILES string of the molecule is CC1(C)CCCCC1NC(=O)c1cccc(Cl)c1[N+](=O)[O-]. The number of carbonyl (C=O) groups excluding carboxylic acids is 1. The summed E-state index contributed by atoms with van der Waals surface area (Å²) in [6.45, 7) is 4.23. The smallest absolute Gasteiger partial charge is 0.300 e. The summed E-state index contributed by atoms with van der Waals surface area (Å²) in [7, 11) is 0. The maximum Gasteiger partial charge on any atom is 0.300 e. The van der Waals surface area contributed by atoms with Crippen molar-refractivity contribution in [1.82, 2.24) is 5.32 Å². The number of amides is 1. The third-order valence-electron chi connectivity index (χ3n) is 4.23. The fraction of sp³-hybridized carbons (Fsp3) is 0.533. The molecule has 0 spiro atoms. The lowest BCUT2D eigenvalue weighted by molar-refractivity contribution is -0.385. The van der Waals surface area contributed by atoms with E-state index in [-0.39, 0.29) is 27.7 Å².